The Morgan fingerprint density at radius 2 is 1.85 bits per heavy atom. The van der Waals surface area contributed by atoms with Crippen molar-refractivity contribution in [2.45, 2.75) is 25.7 Å². The van der Waals surface area contributed by atoms with E-state index in [1.54, 1.807) is 11.0 Å². The number of H-pyrrole nitrogens is 1. The van der Waals surface area contributed by atoms with Crippen molar-refractivity contribution >= 4 is 39.8 Å². The molecule has 1 spiro atoms. The van der Waals surface area contributed by atoms with Gasteiger partial charge in [0, 0.05) is 38.8 Å². The molecule has 0 bridgehead atoms. The number of carbonyl (C=O) groups is 2. The summed E-state index contributed by atoms with van der Waals surface area (Å²) in [5.74, 6) is 1.61. The van der Waals surface area contributed by atoms with Gasteiger partial charge in [0.05, 0.1) is 30.7 Å². The predicted molar refractivity (Wildman–Crippen MR) is 173 cm³/mol. The summed E-state index contributed by atoms with van der Waals surface area (Å²) in [6, 6.07) is 12.2. The Labute approximate surface area is 266 Å². The zero-order chi connectivity index (χ0) is 31.3. The molecule has 4 aliphatic heterocycles. The third-order valence-electron chi connectivity index (χ3n) is 9.92. The van der Waals surface area contributed by atoms with Crippen molar-refractivity contribution in [3.8, 4) is 11.4 Å². The number of amides is 2. The number of hydrogen-bond acceptors (Lipinski definition) is 8. The van der Waals surface area contributed by atoms with Crippen molar-refractivity contribution in [2.24, 2.45) is 12.5 Å². The number of pyridine rings is 1. The van der Waals surface area contributed by atoms with Crippen molar-refractivity contribution in [1.29, 1.82) is 0 Å². The number of nitrogens with one attached hydrogen (secondary N) is 1. The van der Waals surface area contributed by atoms with E-state index in [-0.39, 0.29) is 11.8 Å². The maximum absolute atomic E-state index is 13.9. The molecule has 8 rings (SSSR count). The van der Waals surface area contributed by atoms with Gasteiger partial charge in [-0.3, -0.25) is 29.2 Å². The highest BCUT2D eigenvalue weighted by atomic mass is 16.5. The quantitative estimate of drug-likeness (QED) is 0.349. The fourth-order valence-electron chi connectivity index (χ4n) is 7.27. The maximum Gasteiger partial charge on any atom is 0.237 e. The van der Waals surface area contributed by atoms with E-state index in [2.05, 4.69) is 49.5 Å². The van der Waals surface area contributed by atoms with Gasteiger partial charge in [-0.1, -0.05) is 36.4 Å². The minimum Gasteiger partial charge on any atom is -0.377 e. The van der Waals surface area contributed by atoms with Crippen molar-refractivity contribution in [3.05, 3.63) is 66.1 Å². The number of benzene rings is 1. The maximum atomic E-state index is 13.9. The molecule has 0 saturated carbocycles. The molecule has 12 heteroatoms. The second-order valence-corrected chi connectivity index (χ2v) is 12.8. The van der Waals surface area contributed by atoms with Gasteiger partial charge in [0.25, 0.3) is 0 Å². The first-order valence-corrected chi connectivity index (χ1v) is 16.1. The van der Waals surface area contributed by atoms with E-state index < -0.39 is 5.41 Å². The summed E-state index contributed by atoms with van der Waals surface area (Å²) in [6.07, 6.45) is 9.04. The first kappa shape index (κ1) is 28.8. The molecule has 4 aliphatic rings. The lowest BCUT2D eigenvalue weighted by atomic mass is 9.85. The summed E-state index contributed by atoms with van der Waals surface area (Å²) >= 11 is 0. The smallest absolute Gasteiger partial charge is 0.237 e. The summed E-state index contributed by atoms with van der Waals surface area (Å²) in [4.78, 5) is 42.4. The third kappa shape index (κ3) is 5.21. The molecular formula is C34H37N9O3. The Hall–Kier alpha value is -4.68. The van der Waals surface area contributed by atoms with Crippen molar-refractivity contribution < 1.29 is 14.3 Å². The number of fused-ring (bicyclic) bond motifs is 1. The van der Waals surface area contributed by atoms with Crippen LogP contribution in [0.4, 0.5) is 5.82 Å². The van der Waals surface area contributed by atoms with Gasteiger partial charge < -0.3 is 9.64 Å². The van der Waals surface area contributed by atoms with Gasteiger partial charge in [0.15, 0.2) is 5.82 Å². The zero-order valence-corrected chi connectivity index (χ0v) is 26.0. The van der Waals surface area contributed by atoms with Crippen LogP contribution in [0.1, 0.15) is 36.9 Å². The summed E-state index contributed by atoms with van der Waals surface area (Å²) in [7, 11) is 1.86. The van der Waals surface area contributed by atoms with Crippen LogP contribution in [0.2, 0.25) is 0 Å². The van der Waals surface area contributed by atoms with Gasteiger partial charge in [-0.05, 0) is 61.1 Å². The molecular weight excluding hydrogens is 582 g/mol. The van der Waals surface area contributed by atoms with Crippen LogP contribution in [0.3, 0.4) is 0 Å². The standard InChI is InChI=1S/C34H37N9O3/c1-40-22-35-32(39-40)26-4-2-23(3-5-26)24-8-14-42(15-9-24)29(44)20-41-16-12-34(21-41)13-17-43(33(34)45)28-7-6-27-31(36-28)30(38-37-27)25-10-18-46-19-11-25/h2-8,10,22H,9,11-21H2,1H3,(H,37,38)/t34-/m0/s1. The third-order valence-corrected chi connectivity index (χ3v) is 9.92. The fraction of sp³-hybridized carbons (Fsp3) is 0.412. The number of aryl methyl sites for hydroxylation is 1. The molecule has 236 valence electrons. The number of aromatic amines is 1. The number of rotatable bonds is 6. The second-order valence-electron chi connectivity index (χ2n) is 12.8. The fourth-order valence-corrected chi connectivity index (χ4v) is 7.27. The van der Waals surface area contributed by atoms with E-state index in [1.165, 1.54) is 5.57 Å². The lowest BCUT2D eigenvalue weighted by molar-refractivity contribution is -0.132. The highest BCUT2D eigenvalue weighted by Crippen LogP contribution is 2.42. The molecule has 12 nitrogen and oxygen atoms in total. The lowest BCUT2D eigenvalue weighted by Gasteiger charge is -2.29. The molecule has 0 unspecified atom stereocenters. The number of aromatic nitrogens is 6. The van der Waals surface area contributed by atoms with Crippen LogP contribution < -0.4 is 4.90 Å². The van der Waals surface area contributed by atoms with Crippen LogP contribution in [0.5, 0.6) is 0 Å². The Morgan fingerprint density at radius 1 is 1.00 bits per heavy atom. The summed E-state index contributed by atoms with van der Waals surface area (Å²) < 4.78 is 7.16. The predicted octanol–water partition coefficient (Wildman–Crippen LogP) is 3.30. The van der Waals surface area contributed by atoms with Crippen LogP contribution in [0.25, 0.3) is 33.6 Å². The van der Waals surface area contributed by atoms with Crippen molar-refractivity contribution in [2.75, 3.05) is 57.4 Å². The van der Waals surface area contributed by atoms with Crippen LogP contribution in [-0.2, 0) is 21.4 Å². The molecule has 2 amide bonds. The normalized spacial score (nSPS) is 22.2. The van der Waals surface area contributed by atoms with Gasteiger partial charge in [0.2, 0.25) is 11.8 Å². The molecule has 3 aromatic heterocycles. The van der Waals surface area contributed by atoms with Crippen LogP contribution in [0.15, 0.2) is 54.9 Å². The topological polar surface area (TPSA) is 125 Å². The molecule has 0 radical (unpaired) electrons. The number of likely N-dealkylation sites (tertiary alicyclic amines) is 1. The Bertz CT molecular complexity index is 1870. The summed E-state index contributed by atoms with van der Waals surface area (Å²) in [5, 5.41) is 12.0. The van der Waals surface area contributed by atoms with E-state index in [0.29, 0.717) is 57.6 Å². The number of nitrogens with zero attached hydrogens (tertiary/aromatic N) is 8. The van der Waals surface area contributed by atoms with Crippen molar-refractivity contribution in [3.63, 3.8) is 0 Å². The molecule has 2 fully saturated rings. The molecule has 1 atom stereocenters. The van der Waals surface area contributed by atoms with Gasteiger partial charge in [-0.2, -0.15) is 10.2 Å². The Balaban J connectivity index is 0.888. The van der Waals surface area contributed by atoms with E-state index in [0.717, 1.165) is 65.7 Å². The number of ether oxygens (including phenoxy) is 1. The number of anilines is 1. The minimum absolute atomic E-state index is 0.111. The number of hydrogen-bond donors (Lipinski definition) is 1. The Kier molecular flexibility index (Phi) is 7.25. The second kappa shape index (κ2) is 11.6. The average molecular weight is 620 g/mol. The molecule has 0 aliphatic carbocycles. The van der Waals surface area contributed by atoms with Crippen LogP contribution in [-0.4, -0.2) is 104 Å². The summed E-state index contributed by atoms with van der Waals surface area (Å²) in [6.45, 7) is 4.84. The van der Waals surface area contributed by atoms with E-state index >= 15 is 0 Å². The molecule has 2 saturated heterocycles. The van der Waals surface area contributed by atoms with Gasteiger partial charge >= 0.3 is 0 Å². The van der Waals surface area contributed by atoms with Gasteiger partial charge in [0.1, 0.15) is 23.4 Å². The molecule has 4 aromatic rings. The number of carbonyl (C=O) groups excluding carboxylic acids is 2. The Morgan fingerprint density at radius 3 is 2.61 bits per heavy atom. The molecule has 1 N–H and O–H groups in total. The molecule has 1 aromatic carbocycles. The van der Waals surface area contributed by atoms with Crippen LogP contribution >= 0.6 is 0 Å². The van der Waals surface area contributed by atoms with Crippen LogP contribution in [0, 0.1) is 5.41 Å². The first-order chi connectivity index (χ1) is 22.5. The minimum atomic E-state index is -0.467. The first-order valence-electron chi connectivity index (χ1n) is 16.1. The lowest BCUT2D eigenvalue weighted by Crippen LogP contribution is -2.43. The highest BCUT2D eigenvalue weighted by Gasteiger charge is 2.51. The summed E-state index contributed by atoms with van der Waals surface area (Å²) in [5.41, 5.74) is 6.53. The van der Waals surface area contributed by atoms with Gasteiger partial charge in [-0.25, -0.2) is 9.97 Å². The average Bonchev–Trinajstić information content (AvgIpc) is 3.89. The largest absolute Gasteiger partial charge is 0.377 e. The van der Waals surface area contributed by atoms with E-state index in [1.807, 2.05) is 41.1 Å². The highest BCUT2D eigenvalue weighted by molar-refractivity contribution is 6.01. The molecule has 46 heavy (non-hydrogen) atoms. The zero-order valence-electron chi connectivity index (χ0n) is 26.0. The van der Waals surface area contributed by atoms with E-state index in [4.69, 9.17) is 9.72 Å². The monoisotopic (exact) mass is 619 g/mol. The van der Waals surface area contributed by atoms with E-state index in [9.17, 15) is 9.59 Å². The van der Waals surface area contributed by atoms with Crippen molar-refractivity contribution in [1.82, 2.24) is 39.7 Å². The molecule has 7 heterocycles. The van der Waals surface area contributed by atoms with Gasteiger partial charge in [-0.15, -0.1) is 0 Å². The SMILES string of the molecule is Cn1cnc(-c2ccc(C3=CCN(C(=O)CN4CC[C@]5(CCN(c6ccc7[nH]nc(C8=CCOCC8)c7n6)C5=O)C4)CC3)cc2)n1.